The number of nitrogens with zero attached hydrogens (tertiary/aromatic N) is 2. The highest BCUT2D eigenvalue weighted by Gasteiger charge is 2.25. The van der Waals surface area contributed by atoms with Crippen LogP contribution in [0.2, 0.25) is 0 Å². The van der Waals surface area contributed by atoms with Crippen LogP contribution in [0.3, 0.4) is 0 Å². The zero-order chi connectivity index (χ0) is 22.7. The molecule has 5 nitrogen and oxygen atoms in total. The van der Waals surface area contributed by atoms with E-state index in [0.717, 1.165) is 22.2 Å². The summed E-state index contributed by atoms with van der Waals surface area (Å²) in [5.74, 6) is -0.0790. The molecule has 0 radical (unpaired) electrons. The number of methoxy groups -OCH3 is 1. The molecule has 3 aromatic carbocycles. The van der Waals surface area contributed by atoms with E-state index >= 15 is 0 Å². The van der Waals surface area contributed by atoms with Crippen molar-refractivity contribution in [2.75, 3.05) is 7.11 Å². The molecule has 0 aliphatic rings. The van der Waals surface area contributed by atoms with Crippen LogP contribution in [0.5, 0.6) is 11.5 Å². The van der Waals surface area contributed by atoms with Crippen LogP contribution in [-0.4, -0.2) is 22.6 Å². The van der Waals surface area contributed by atoms with Gasteiger partial charge in [-0.15, -0.1) is 0 Å². The van der Waals surface area contributed by atoms with Gasteiger partial charge >= 0.3 is 0 Å². The molecule has 0 bridgehead atoms. The van der Waals surface area contributed by atoms with Crippen molar-refractivity contribution in [2.24, 2.45) is 0 Å². The number of fused-ring (bicyclic) bond motifs is 1. The van der Waals surface area contributed by atoms with Crippen LogP contribution in [0, 0.1) is 11.3 Å². The third-order valence-corrected chi connectivity index (χ3v) is 5.44. The van der Waals surface area contributed by atoms with Crippen molar-refractivity contribution in [3.8, 4) is 28.8 Å². The van der Waals surface area contributed by atoms with Gasteiger partial charge in [0.05, 0.1) is 18.4 Å². The summed E-state index contributed by atoms with van der Waals surface area (Å²) in [6, 6.07) is 24.3. The van der Waals surface area contributed by atoms with Gasteiger partial charge in [-0.1, -0.05) is 54.6 Å². The number of allylic oxidation sites excluding steroid dienone is 1. The summed E-state index contributed by atoms with van der Waals surface area (Å²) in [4.78, 5) is 13.8. The van der Waals surface area contributed by atoms with E-state index in [4.69, 9.17) is 4.74 Å². The number of Topliss-reactive ketones (excluding diaryl/α,β-unsaturated/α-hetero) is 1. The first kappa shape index (κ1) is 21.0. The standard InChI is InChI=1S/C27H22N2O3/c1-3-29-22-12-8-7-11-21(22)25(26(29)19-9-5-4-6-10-19)27(31)20(17-28)15-18-13-14-23(30)24(16-18)32-2/h4-16,30H,3H2,1-2H3/b20-15+. The highest BCUT2D eigenvalue weighted by atomic mass is 16.5. The lowest BCUT2D eigenvalue weighted by Crippen LogP contribution is -2.05. The van der Waals surface area contributed by atoms with E-state index in [1.807, 2.05) is 61.5 Å². The minimum Gasteiger partial charge on any atom is -0.504 e. The number of hydrogen-bond donors (Lipinski definition) is 1. The topological polar surface area (TPSA) is 75.2 Å². The van der Waals surface area contributed by atoms with Crippen molar-refractivity contribution in [1.82, 2.24) is 4.57 Å². The van der Waals surface area contributed by atoms with Gasteiger partial charge in [0, 0.05) is 17.4 Å². The number of para-hydroxylation sites is 1. The maximum atomic E-state index is 13.8. The Morgan fingerprint density at radius 3 is 2.50 bits per heavy atom. The average Bonchev–Trinajstić information content (AvgIpc) is 3.18. The van der Waals surface area contributed by atoms with Crippen LogP contribution in [-0.2, 0) is 6.54 Å². The molecule has 1 N–H and O–H groups in total. The second-order valence-electron chi connectivity index (χ2n) is 7.28. The van der Waals surface area contributed by atoms with Gasteiger partial charge in [-0.2, -0.15) is 5.26 Å². The van der Waals surface area contributed by atoms with Crippen LogP contribution in [0.1, 0.15) is 22.8 Å². The van der Waals surface area contributed by atoms with E-state index < -0.39 is 0 Å². The van der Waals surface area contributed by atoms with Crippen LogP contribution in [0.4, 0.5) is 0 Å². The second kappa shape index (κ2) is 8.83. The number of nitriles is 1. The van der Waals surface area contributed by atoms with Crippen molar-refractivity contribution in [3.63, 3.8) is 0 Å². The van der Waals surface area contributed by atoms with E-state index in [2.05, 4.69) is 10.6 Å². The number of aromatic hydroxyl groups is 1. The number of phenols is 1. The van der Waals surface area contributed by atoms with Gasteiger partial charge in [-0.25, -0.2) is 0 Å². The number of phenolic OH excluding ortho intramolecular Hbond substituents is 1. The zero-order valence-electron chi connectivity index (χ0n) is 17.9. The van der Waals surface area contributed by atoms with E-state index in [9.17, 15) is 15.2 Å². The third kappa shape index (κ3) is 3.63. The number of aryl methyl sites for hydroxylation is 1. The summed E-state index contributed by atoms with van der Waals surface area (Å²) in [5, 5.41) is 20.5. The fourth-order valence-electron chi connectivity index (χ4n) is 3.99. The predicted octanol–water partition coefficient (Wildman–Crippen LogP) is 5.83. The first-order chi connectivity index (χ1) is 15.6. The van der Waals surface area contributed by atoms with Gasteiger partial charge in [0.1, 0.15) is 11.6 Å². The van der Waals surface area contributed by atoms with Crippen molar-refractivity contribution in [3.05, 3.63) is 89.5 Å². The Kier molecular flexibility index (Phi) is 5.78. The molecule has 1 aromatic heterocycles. The minimum absolute atomic E-state index is 0.00753. The maximum Gasteiger partial charge on any atom is 0.206 e. The van der Waals surface area contributed by atoms with Crippen molar-refractivity contribution >= 4 is 22.8 Å². The lowest BCUT2D eigenvalue weighted by molar-refractivity contribution is 0.104. The number of benzene rings is 3. The molecule has 158 valence electrons. The largest absolute Gasteiger partial charge is 0.504 e. The Balaban J connectivity index is 1.94. The fourth-order valence-corrected chi connectivity index (χ4v) is 3.99. The molecule has 0 unspecified atom stereocenters. The molecule has 0 aliphatic heterocycles. The van der Waals surface area contributed by atoms with Gasteiger partial charge in [-0.3, -0.25) is 4.79 Å². The first-order valence-corrected chi connectivity index (χ1v) is 10.3. The van der Waals surface area contributed by atoms with Crippen molar-refractivity contribution in [2.45, 2.75) is 13.5 Å². The van der Waals surface area contributed by atoms with Crippen LogP contribution in [0.25, 0.3) is 28.2 Å². The van der Waals surface area contributed by atoms with Crippen molar-refractivity contribution in [1.29, 1.82) is 5.26 Å². The molecule has 5 heteroatoms. The number of carbonyl (C=O) groups excluding carboxylic acids is 1. The van der Waals surface area contributed by atoms with Crippen molar-refractivity contribution < 1.29 is 14.6 Å². The Bertz CT molecular complexity index is 1380. The molecule has 0 atom stereocenters. The minimum atomic E-state index is -0.346. The molecule has 0 fully saturated rings. The van der Waals surface area contributed by atoms with Crippen LogP contribution >= 0.6 is 0 Å². The van der Waals surface area contributed by atoms with E-state index in [1.54, 1.807) is 12.1 Å². The molecule has 0 aliphatic carbocycles. The van der Waals surface area contributed by atoms with Gasteiger partial charge in [0.2, 0.25) is 5.78 Å². The molecular weight excluding hydrogens is 400 g/mol. The van der Waals surface area contributed by atoms with E-state index in [-0.39, 0.29) is 22.9 Å². The Morgan fingerprint density at radius 1 is 1.09 bits per heavy atom. The average molecular weight is 422 g/mol. The highest BCUT2D eigenvalue weighted by Crippen LogP contribution is 2.36. The van der Waals surface area contributed by atoms with Gasteiger partial charge in [0.25, 0.3) is 0 Å². The van der Waals surface area contributed by atoms with Gasteiger partial charge in [-0.05, 0) is 42.3 Å². The molecule has 0 saturated heterocycles. The van der Waals surface area contributed by atoms with Gasteiger partial charge < -0.3 is 14.4 Å². The van der Waals surface area contributed by atoms with Gasteiger partial charge in [0.15, 0.2) is 11.5 Å². The molecule has 4 rings (SSSR count). The molecule has 0 saturated carbocycles. The number of hydrogen-bond acceptors (Lipinski definition) is 4. The number of ketones is 1. The Morgan fingerprint density at radius 2 is 1.81 bits per heavy atom. The molecule has 32 heavy (non-hydrogen) atoms. The van der Waals surface area contributed by atoms with Crippen LogP contribution < -0.4 is 4.74 Å². The second-order valence-corrected chi connectivity index (χ2v) is 7.28. The molecular formula is C27H22N2O3. The molecule has 0 amide bonds. The van der Waals surface area contributed by atoms with E-state index in [0.29, 0.717) is 17.7 Å². The quantitative estimate of drug-likeness (QED) is 0.241. The monoisotopic (exact) mass is 422 g/mol. The lowest BCUT2D eigenvalue weighted by Gasteiger charge is -2.10. The SMILES string of the molecule is CCn1c(-c2ccccc2)c(C(=O)/C(C#N)=C/c2ccc(O)c(OC)c2)c2ccccc21. The summed E-state index contributed by atoms with van der Waals surface area (Å²) >= 11 is 0. The molecule has 1 heterocycles. The molecule has 0 spiro atoms. The summed E-state index contributed by atoms with van der Waals surface area (Å²) in [6.45, 7) is 2.72. The summed E-state index contributed by atoms with van der Waals surface area (Å²) < 4.78 is 7.26. The number of aromatic nitrogens is 1. The van der Waals surface area contributed by atoms with E-state index in [1.165, 1.54) is 19.3 Å². The first-order valence-electron chi connectivity index (χ1n) is 10.3. The molecule has 4 aromatic rings. The lowest BCUT2D eigenvalue weighted by atomic mass is 9.96. The number of ether oxygens (including phenoxy) is 1. The predicted molar refractivity (Wildman–Crippen MR) is 126 cm³/mol. The fraction of sp³-hybridized carbons (Fsp3) is 0.111. The third-order valence-electron chi connectivity index (χ3n) is 5.44. The smallest absolute Gasteiger partial charge is 0.206 e. The Hall–Kier alpha value is -4.30. The summed E-state index contributed by atoms with van der Waals surface area (Å²) in [7, 11) is 1.45. The summed E-state index contributed by atoms with van der Waals surface area (Å²) in [6.07, 6.45) is 1.52. The highest BCUT2D eigenvalue weighted by molar-refractivity contribution is 6.23. The Labute approximate surface area is 186 Å². The number of carbonyl (C=O) groups is 1. The van der Waals surface area contributed by atoms with Crippen LogP contribution in [0.15, 0.2) is 78.4 Å². The number of rotatable bonds is 6. The zero-order valence-corrected chi connectivity index (χ0v) is 17.9. The normalized spacial score (nSPS) is 11.3. The maximum absolute atomic E-state index is 13.8. The summed E-state index contributed by atoms with van der Waals surface area (Å²) in [5.41, 5.74) is 3.76.